The second-order valence-corrected chi connectivity index (χ2v) is 5.81. The van der Waals surface area contributed by atoms with Gasteiger partial charge in [-0.3, -0.25) is 4.98 Å². The highest BCUT2D eigenvalue weighted by atomic mass is 35.5. The summed E-state index contributed by atoms with van der Waals surface area (Å²) in [4.78, 5) is 21.0. The molecule has 1 aromatic heterocycles. The average molecular weight is 364 g/mol. The van der Waals surface area contributed by atoms with E-state index in [1.807, 2.05) is 0 Å². The van der Waals surface area contributed by atoms with Gasteiger partial charge in [-0.05, 0) is 35.2 Å². The van der Waals surface area contributed by atoms with E-state index in [0.29, 0.717) is 29.1 Å². The molecular formula is C17H19ClFN5O. The van der Waals surface area contributed by atoms with E-state index in [-0.39, 0.29) is 25.7 Å². The van der Waals surface area contributed by atoms with Gasteiger partial charge in [0, 0.05) is 31.0 Å². The van der Waals surface area contributed by atoms with Gasteiger partial charge in [0.1, 0.15) is 5.82 Å². The minimum Gasteiger partial charge on any atom is -0.370 e. The van der Waals surface area contributed by atoms with Crippen molar-refractivity contribution >= 4 is 23.6 Å². The number of hydrogen-bond donors (Lipinski definition) is 2. The van der Waals surface area contributed by atoms with Crippen molar-refractivity contribution in [2.75, 3.05) is 6.54 Å². The molecule has 2 aromatic rings. The first kappa shape index (κ1) is 18.7. The Morgan fingerprint density at radius 2 is 2.00 bits per heavy atom. The van der Waals surface area contributed by atoms with Gasteiger partial charge < -0.3 is 16.4 Å². The zero-order chi connectivity index (χ0) is 17.3. The Labute approximate surface area is 150 Å². The normalized spacial score (nSPS) is 12.8. The number of nitrogens with zero attached hydrogens (tertiary/aromatic N) is 3. The van der Waals surface area contributed by atoms with Gasteiger partial charge in [0.05, 0.1) is 5.02 Å². The van der Waals surface area contributed by atoms with Crippen LogP contribution in [0.25, 0.3) is 11.1 Å². The molecular weight excluding hydrogens is 345 g/mol. The average Bonchev–Trinajstić information content (AvgIpc) is 2.55. The Hall–Kier alpha value is -2.67. The minimum absolute atomic E-state index is 0. The molecule has 8 heteroatoms. The highest BCUT2D eigenvalue weighted by Crippen LogP contribution is 2.35. The molecule has 2 heterocycles. The summed E-state index contributed by atoms with van der Waals surface area (Å²) in [5, 5.41) is 0.457. The summed E-state index contributed by atoms with van der Waals surface area (Å²) in [6, 6.07) is 4.28. The van der Waals surface area contributed by atoms with E-state index < -0.39 is 6.03 Å². The number of benzene rings is 1. The van der Waals surface area contributed by atoms with Gasteiger partial charge in [-0.1, -0.05) is 25.1 Å². The lowest BCUT2D eigenvalue weighted by molar-refractivity contribution is 0.202. The van der Waals surface area contributed by atoms with Crippen molar-refractivity contribution in [3.05, 3.63) is 52.6 Å². The highest BCUT2D eigenvalue weighted by molar-refractivity contribution is 6.33. The van der Waals surface area contributed by atoms with Crippen LogP contribution in [0.15, 0.2) is 35.6 Å². The Morgan fingerprint density at radius 1 is 1.24 bits per heavy atom. The SMILES string of the molecule is C.NC(N)=NC(=O)N1CCc2c(F)ccc(-c3ccncc3Cl)c2C1. The van der Waals surface area contributed by atoms with Crippen LogP contribution in [-0.4, -0.2) is 28.4 Å². The summed E-state index contributed by atoms with van der Waals surface area (Å²) in [7, 11) is 0. The van der Waals surface area contributed by atoms with Crippen molar-refractivity contribution < 1.29 is 9.18 Å². The van der Waals surface area contributed by atoms with Crippen molar-refractivity contribution in [2.24, 2.45) is 16.5 Å². The monoisotopic (exact) mass is 363 g/mol. The number of hydrogen-bond acceptors (Lipinski definition) is 2. The van der Waals surface area contributed by atoms with Crippen molar-refractivity contribution in [2.45, 2.75) is 20.4 Å². The maximum atomic E-state index is 14.2. The summed E-state index contributed by atoms with van der Waals surface area (Å²) in [6.07, 6.45) is 3.52. The van der Waals surface area contributed by atoms with Crippen LogP contribution >= 0.6 is 11.6 Å². The molecule has 0 atom stereocenters. The number of carbonyl (C=O) groups excluding carboxylic acids is 1. The maximum absolute atomic E-state index is 14.2. The van der Waals surface area contributed by atoms with E-state index in [2.05, 4.69) is 9.98 Å². The molecule has 132 valence electrons. The van der Waals surface area contributed by atoms with Crippen molar-refractivity contribution in [1.29, 1.82) is 0 Å². The van der Waals surface area contributed by atoms with E-state index in [1.54, 1.807) is 18.3 Å². The van der Waals surface area contributed by atoms with Crippen LogP contribution in [0.3, 0.4) is 0 Å². The fraction of sp³-hybridized carbons (Fsp3) is 0.235. The van der Waals surface area contributed by atoms with E-state index in [1.165, 1.54) is 17.2 Å². The number of halogens is 2. The number of nitrogens with two attached hydrogens (primary N) is 2. The molecule has 4 N–H and O–H groups in total. The first-order valence-electron chi connectivity index (χ1n) is 7.26. The van der Waals surface area contributed by atoms with Crippen LogP contribution in [0.4, 0.5) is 9.18 Å². The molecule has 0 saturated carbocycles. The standard InChI is InChI=1S/C16H15ClFN5O.CH4/c17-13-7-21-5-3-10(13)9-1-2-14(18)11-4-6-23(8-12(9)11)16(24)22-15(19)20;/h1-3,5,7H,4,6,8H2,(H4,19,20,22,24);1H4. The predicted molar refractivity (Wildman–Crippen MR) is 96.7 cm³/mol. The second-order valence-electron chi connectivity index (χ2n) is 5.40. The number of amides is 2. The first-order chi connectivity index (χ1) is 11.5. The van der Waals surface area contributed by atoms with Crippen LogP contribution < -0.4 is 11.5 Å². The van der Waals surface area contributed by atoms with E-state index in [4.69, 9.17) is 23.1 Å². The lowest BCUT2D eigenvalue weighted by Gasteiger charge is -2.29. The smallest absolute Gasteiger partial charge is 0.347 e. The Bertz CT molecular complexity index is 836. The number of carbonyl (C=O) groups is 1. The fourth-order valence-corrected chi connectivity index (χ4v) is 3.04. The molecule has 1 aromatic carbocycles. The Balaban J connectivity index is 0.00000225. The topological polar surface area (TPSA) is 97.6 Å². The molecule has 3 rings (SSSR count). The summed E-state index contributed by atoms with van der Waals surface area (Å²) >= 11 is 6.22. The zero-order valence-corrected chi connectivity index (χ0v) is 13.4. The van der Waals surface area contributed by atoms with Crippen molar-refractivity contribution in [3.8, 4) is 11.1 Å². The van der Waals surface area contributed by atoms with Crippen molar-refractivity contribution in [1.82, 2.24) is 9.88 Å². The summed E-state index contributed by atoms with van der Waals surface area (Å²) in [5.41, 5.74) is 13.3. The van der Waals surface area contributed by atoms with Crippen LogP contribution in [-0.2, 0) is 13.0 Å². The van der Waals surface area contributed by atoms with Crippen LogP contribution in [0.5, 0.6) is 0 Å². The van der Waals surface area contributed by atoms with Crippen molar-refractivity contribution in [3.63, 3.8) is 0 Å². The number of pyridine rings is 1. The second kappa shape index (κ2) is 7.48. The molecule has 0 radical (unpaired) electrons. The van der Waals surface area contributed by atoms with Gasteiger partial charge in [-0.2, -0.15) is 4.99 Å². The first-order valence-corrected chi connectivity index (χ1v) is 7.64. The van der Waals surface area contributed by atoms with Gasteiger partial charge in [-0.15, -0.1) is 0 Å². The molecule has 1 aliphatic rings. The number of aliphatic imine (C=N–C) groups is 1. The van der Waals surface area contributed by atoms with Gasteiger partial charge in [-0.25, -0.2) is 9.18 Å². The van der Waals surface area contributed by atoms with Crippen LogP contribution in [0, 0.1) is 5.82 Å². The minimum atomic E-state index is -0.545. The van der Waals surface area contributed by atoms with E-state index in [9.17, 15) is 9.18 Å². The van der Waals surface area contributed by atoms with Gasteiger partial charge in [0.15, 0.2) is 5.96 Å². The number of aromatic nitrogens is 1. The van der Waals surface area contributed by atoms with Gasteiger partial charge in [0.25, 0.3) is 0 Å². The number of urea groups is 1. The Kier molecular flexibility index (Phi) is 5.58. The molecule has 6 nitrogen and oxygen atoms in total. The van der Waals surface area contributed by atoms with Gasteiger partial charge in [0.2, 0.25) is 0 Å². The number of fused-ring (bicyclic) bond motifs is 1. The van der Waals surface area contributed by atoms with E-state index in [0.717, 1.165) is 11.1 Å². The molecule has 0 unspecified atom stereocenters. The quantitative estimate of drug-likeness (QED) is 0.601. The third kappa shape index (κ3) is 3.71. The van der Waals surface area contributed by atoms with Crippen LogP contribution in [0.1, 0.15) is 18.6 Å². The molecule has 0 fully saturated rings. The lowest BCUT2D eigenvalue weighted by atomic mass is 9.91. The molecule has 0 aliphatic carbocycles. The molecule has 1 aliphatic heterocycles. The fourth-order valence-electron chi connectivity index (χ4n) is 2.82. The molecule has 0 bridgehead atoms. The number of guanidine groups is 1. The summed E-state index contributed by atoms with van der Waals surface area (Å²) in [5.74, 6) is -0.602. The maximum Gasteiger partial charge on any atom is 0.347 e. The molecule has 0 spiro atoms. The lowest BCUT2D eigenvalue weighted by Crippen LogP contribution is -2.37. The van der Waals surface area contributed by atoms with Crippen LogP contribution in [0.2, 0.25) is 5.02 Å². The highest BCUT2D eigenvalue weighted by Gasteiger charge is 2.26. The molecule has 0 saturated heterocycles. The Morgan fingerprint density at radius 3 is 2.68 bits per heavy atom. The summed E-state index contributed by atoms with van der Waals surface area (Å²) < 4.78 is 14.2. The number of rotatable bonds is 1. The van der Waals surface area contributed by atoms with E-state index >= 15 is 0 Å². The molecule has 25 heavy (non-hydrogen) atoms. The predicted octanol–water partition coefficient (Wildman–Crippen LogP) is 2.93. The zero-order valence-electron chi connectivity index (χ0n) is 12.7. The third-order valence-electron chi connectivity index (χ3n) is 3.91. The largest absolute Gasteiger partial charge is 0.370 e. The third-order valence-corrected chi connectivity index (χ3v) is 4.21. The summed E-state index contributed by atoms with van der Waals surface area (Å²) in [6.45, 7) is 0.545. The van der Waals surface area contributed by atoms with Gasteiger partial charge >= 0.3 is 6.03 Å². The molecule has 2 amide bonds.